The number of ether oxygens (including phenoxy) is 2. The third kappa shape index (κ3) is 5.34. The molecule has 1 N–H and O–H groups in total. The first-order valence-electron chi connectivity index (χ1n) is 6.74. The van der Waals surface area contributed by atoms with Crippen molar-refractivity contribution in [1.29, 1.82) is 0 Å². The summed E-state index contributed by atoms with van der Waals surface area (Å²) in [6.07, 6.45) is 5.74. The lowest BCUT2D eigenvalue weighted by Gasteiger charge is -2.14. The van der Waals surface area contributed by atoms with E-state index in [1.807, 2.05) is 7.05 Å². The van der Waals surface area contributed by atoms with Gasteiger partial charge in [0, 0.05) is 27.3 Å². The highest BCUT2D eigenvalue weighted by Gasteiger charge is 2.32. The summed E-state index contributed by atoms with van der Waals surface area (Å²) >= 11 is 0. The van der Waals surface area contributed by atoms with Crippen LogP contribution in [0.4, 0.5) is 0 Å². The van der Waals surface area contributed by atoms with E-state index in [0.717, 1.165) is 19.6 Å². The van der Waals surface area contributed by atoms with E-state index in [0.29, 0.717) is 0 Å². The molecule has 1 aliphatic rings. The lowest BCUT2D eigenvalue weighted by Crippen LogP contribution is -2.27. The maximum atomic E-state index is 5.43. The Kier molecular flexibility index (Phi) is 7.77. The molecular weight excluding hydrogens is 216 g/mol. The molecule has 1 fully saturated rings. The summed E-state index contributed by atoms with van der Waals surface area (Å²) in [6, 6.07) is 0. The Labute approximate surface area is 106 Å². The molecule has 102 valence electrons. The number of rotatable bonds is 9. The number of nitrogens with zero attached hydrogens (tertiary/aromatic N) is 1. The van der Waals surface area contributed by atoms with Gasteiger partial charge in [-0.05, 0) is 33.0 Å². The van der Waals surface area contributed by atoms with Crippen molar-refractivity contribution >= 4 is 0 Å². The molecule has 1 saturated heterocycles. The van der Waals surface area contributed by atoms with E-state index < -0.39 is 0 Å². The smallest absolute Gasteiger partial charge is 0.0971 e. The third-order valence-electron chi connectivity index (χ3n) is 3.55. The van der Waals surface area contributed by atoms with Crippen molar-refractivity contribution in [2.24, 2.45) is 0 Å². The van der Waals surface area contributed by atoms with E-state index in [1.54, 1.807) is 14.2 Å². The van der Waals surface area contributed by atoms with Crippen molar-refractivity contribution in [3.63, 3.8) is 0 Å². The van der Waals surface area contributed by atoms with Gasteiger partial charge in [0.15, 0.2) is 0 Å². The van der Waals surface area contributed by atoms with Gasteiger partial charge in [0.1, 0.15) is 0 Å². The SMILES string of the molecule is CNCCCCCCN1CC(OC)C(OC)C1. The zero-order chi connectivity index (χ0) is 12.5. The monoisotopic (exact) mass is 244 g/mol. The predicted octanol–water partition coefficient (Wildman–Crippen LogP) is 1.11. The van der Waals surface area contributed by atoms with E-state index in [-0.39, 0.29) is 12.2 Å². The Balaban J connectivity index is 2.04. The Morgan fingerprint density at radius 1 is 1.00 bits per heavy atom. The van der Waals surface area contributed by atoms with E-state index >= 15 is 0 Å². The predicted molar refractivity (Wildman–Crippen MR) is 70.4 cm³/mol. The van der Waals surface area contributed by atoms with Crippen molar-refractivity contribution in [1.82, 2.24) is 10.2 Å². The summed E-state index contributed by atoms with van der Waals surface area (Å²) in [5.41, 5.74) is 0. The average Bonchev–Trinajstić information content (AvgIpc) is 2.76. The second kappa shape index (κ2) is 8.86. The molecule has 4 nitrogen and oxygen atoms in total. The highest BCUT2D eigenvalue weighted by Crippen LogP contribution is 2.16. The maximum Gasteiger partial charge on any atom is 0.0971 e. The second-order valence-electron chi connectivity index (χ2n) is 4.83. The molecule has 0 spiro atoms. The largest absolute Gasteiger partial charge is 0.377 e. The molecule has 0 aromatic rings. The van der Waals surface area contributed by atoms with Crippen LogP contribution >= 0.6 is 0 Å². The van der Waals surface area contributed by atoms with Gasteiger partial charge in [-0.1, -0.05) is 12.8 Å². The summed E-state index contributed by atoms with van der Waals surface area (Å²) in [5, 5.41) is 3.18. The fourth-order valence-electron chi connectivity index (χ4n) is 2.44. The van der Waals surface area contributed by atoms with Gasteiger partial charge < -0.3 is 14.8 Å². The van der Waals surface area contributed by atoms with Crippen LogP contribution in [0.25, 0.3) is 0 Å². The zero-order valence-electron chi connectivity index (χ0n) is 11.6. The highest BCUT2D eigenvalue weighted by molar-refractivity contribution is 4.85. The molecule has 0 aromatic heterocycles. The molecule has 0 bridgehead atoms. The van der Waals surface area contributed by atoms with E-state index in [9.17, 15) is 0 Å². The van der Waals surface area contributed by atoms with Crippen molar-refractivity contribution < 1.29 is 9.47 Å². The van der Waals surface area contributed by atoms with Crippen LogP contribution in [0.15, 0.2) is 0 Å². The molecule has 1 aliphatic heterocycles. The Morgan fingerprint density at radius 3 is 2.12 bits per heavy atom. The quantitative estimate of drug-likeness (QED) is 0.616. The lowest BCUT2D eigenvalue weighted by atomic mass is 10.2. The second-order valence-corrected chi connectivity index (χ2v) is 4.83. The van der Waals surface area contributed by atoms with Gasteiger partial charge in [0.25, 0.3) is 0 Å². The Hall–Kier alpha value is -0.160. The van der Waals surface area contributed by atoms with Gasteiger partial charge in [-0.15, -0.1) is 0 Å². The van der Waals surface area contributed by atoms with Crippen LogP contribution in [0.2, 0.25) is 0 Å². The average molecular weight is 244 g/mol. The van der Waals surface area contributed by atoms with Gasteiger partial charge in [0.05, 0.1) is 12.2 Å². The molecule has 2 unspecified atom stereocenters. The maximum absolute atomic E-state index is 5.43. The minimum atomic E-state index is 0.254. The summed E-state index contributed by atoms with van der Waals surface area (Å²) in [4.78, 5) is 2.46. The zero-order valence-corrected chi connectivity index (χ0v) is 11.6. The Morgan fingerprint density at radius 2 is 1.59 bits per heavy atom. The molecule has 0 aliphatic carbocycles. The van der Waals surface area contributed by atoms with Gasteiger partial charge >= 0.3 is 0 Å². The minimum Gasteiger partial charge on any atom is -0.377 e. The van der Waals surface area contributed by atoms with Crippen LogP contribution in [0, 0.1) is 0 Å². The van der Waals surface area contributed by atoms with E-state index in [1.165, 1.54) is 32.2 Å². The van der Waals surface area contributed by atoms with Crippen LogP contribution in [0.1, 0.15) is 25.7 Å². The number of hydrogen-bond donors (Lipinski definition) is 1. The molecule has 0 radical (unpaired) electrons. The molecule has 0 aromatic carbocycles. The standard InChI is InChI=1S/C13H28N2O2/c1-14-8-6-4-5-7-9-15-10-12(16-2)13(11-15)17-3/h12-14H,4-11H2,1-3H3. The van der Waals surface area contributed by atoms with Gasteiger partial charge in [-0.25, -0.2) is 0 Å². The van der Waals surface area contributed by atoms with Gasteiger partial charge in [-0.2, -0.15) is 0 Å². The van der Waals surface area contributed by atoms with E-state index in [4.69, 9.17) is 9.47 Å². The fraction of sp³-hybridized carbons (Fsp3) is 1.00. The summed E-state index contributed by atoms with van der Waals surface area (Å²) in [6.45, 7) is 4.36. The molecule has 2 atom stereocenters. The highest BCUT2D eigenvalue weighted by atomic mass is 16.5. The topological polar surface area (TPSA) is 33.7 Å². The van der Waals surface area contributed by atoms with Crippen molar-refractivity contribution in [3.05, 3.63) is 0 Å². The van der Waals surface area contributed by atoms with Crippen LogP contribution in [0.3, 0.4) is 0 Å². The molecule has 0 amide bonds. The van der Waals surface area contributed by atoms with Gasteiger partial charge in [-0.3, -0.25) is 4.90 Å². The fourth-order valence-corrected chi connectivity index (χ4v) is 2.44. The van der Waals surface area contributed by atoms with Crippen molar-refractivity contribution in [3.8, 4) is 0 Å². The summed E-state index contributed by atoms with van der Waals surface area (Å²) in [5.74, 6) is 0. The summed E-state index contributed by atoms with van der Waals surface area (Å²) in [7, 11) is 5.57. The van der Waals surface area contributed by atoms with Gasteiger partial charge in [0.2, 0.25) is 0 Å². The third-order valence-corrected chi connectivity index (χ3v) is 3.55. The molecular formula is C13H28N2O2. The van der Waals surface area contributed by atoms with Crippen molar-refractivity contribution in [2.45, 2.75) is 37.9 Å². The Bertz CT molecular complexity index is 178. The first kappa shape index (κ1) is 14.9. The number of unbranched alkanes of at least 4 members (excludes halogenated alkanes) is 3. The summed E-state index contributed by atoms with van der Waals surface area (Å²) < 4.78 is 10.9. The van der Waals surface area contributed by atoms with Crippen LogP contribution < -0.4 is 5.32 Å². The molecule has 17 heavy (non-hydrogen) atoms. The van der Waals surface area contributed by atoms with Crippen molar-refractivity contribution in [2.75, 3.05) is 47.4 Å². The first-order valence-corrected chi connectivity index (χ1v) is 6.74. The minimum absolute atomic E-state index is 0.254. The first-order chi connectivity index (χ1) is 8.31. The van der Waals surface area contributed by atoms with E-state index in [2.05, 4.69) is 10.2 Å². The van der Waals surface area contributed by atoms with Crippen LogP contribution in [0.5, 0.6) is 0 Å². The molecule has 1 rings (SSSR count). The number of hydrogen-bond acceptors (Lipinski definition) is 4. The lowest BCUT2D eigenvalue weighted by molar-refractivity contribution is -0.00461. The normalized spacial score (nSPS) is 25.6. The molecule has 0 saturated carbocycles. The van der Waals surface area contributed by atoms with Crippen LogP contribution in [-0.2, 0) is 9.47 Å². The molecule has 1 heterocycles. The number of methoxy groups -OCH3 is 2. The van der Waals surface area contributed by atoms with Crippen LogP contribution in [-0.4, -0.2) is 64.6 Å². The molecule has 4 heteroatoms. The number of likely N-dealkylation sites (tertiary alicyclic amines) is 1. The number of nitrogens with one attached hydrogen (secondary N) is 1.